The van der Waals surface area contributed by atoms with Gasteiger partial charge >= 0.3 is 0 Å². The van der Waals surface area contributed by atoms with Crippen LogP contribution in [0.25, 0.3) is 0 Å². The molecule has 0 saturated heterocycles. The van der Waals surface area contributed by atoms with E-state index in [-0.39, 0.29) is 18.5 Å². The predicted octanol–water partition coefficient (Wildman–Crippen LogP) is 5.10. The number of carbonyl (C=O) groups excluding carboxylic acids is 2. The molecule has 36 heavy (non-hydrogen) atoms. The standard InChI is InChI=1S/C26H35Cl2N3O4S/c1-7-19(5)29-26(33)24(8-2)30(15-20-10-12-22(27)23(28)14-20)25(32)16-31(36(6,34)35)21-11-9-17(3)18(4)13-21/h9-14,19,24H,7-8,15-16H2,1-6H3,(H,29,33)/t19-,24-/m1/s1. The van der Waals surface area contributed by atoms with Crippen molar-refractivity contribution in [2.45, 2.75) is 66.1 Å². The Labute approximate surface area is 224 Å². The number of aryl methyl sites for hydroxylation is 2. The van der Waals surface area contributed by atoms with E-state index in [2.05, 4.69) is 5.32 Å². The maximum absolute atomic E-state index is 13.7. The van der Waals surface area contributed by atoms with Crippen LogP contribution < -0.4 is 9.62 Å². The van der Waals surface area contributed by atoms with E-state index in [0.717, 1.165) is 28.1 Å². The Balaban J connectivity index is 2.48. The number of sulfonamides is 1. The highest BCUT2D eigenvalue weighted by Crippen LogP contribution is 2.25. The smallest absolute Gasteiger partial charge is 0.244 e. The van der Waals surface area contributed by atoms with Crippen LogP contribution in [0.15, 0.2) is 36.4 Å². The number of hydrogen-bond donors (Lipinski definition) is 1. The van der Waals surface area contributed by atoms with Crippen molar-refractivity contribution < 1.29 is 18.0 Å². The Kier molecular flexibility index (Phi) is 10.6. The van der Waals surface area contributed by atoms with Crippen molar-refractivity contribution in [1.82, 2.24) is 10.2 Å². The highest BCUT2D eigenvalue weighted by atomic mass is 35.5. The van der Waals surface area contributed by atoms with E-state index in [1.165, 1.54) is 4.90 Å². The zero-order valence-electron chi connectivity index (χ0n) is 21.6. The van der Waals surface area contributed by atoms with Crippen LogP contribution in [-0.2, 0) is 26.2 Å². The van der Waals surface area contributed by atoms with Crippen LogP contribution in [0.4, 0.5) is 5.69 Å². The van der Waals surface area contributed by atoms with Crippen molar-refractivity contribution in [3.63, 3.8) is 0 Å². The Hall–Kier alpha value is -2.29. The maximum atomic E-state index is 13.7. The molecular formula is C26H35Cl2N3O4S. The highest BCUT2D eigenvalue weighted by Gasteiger charge is 2.32. The molecule has 2 aromatic rings. The van der Waals surface area contributed by atoms with Gasteiger partial charge in [-0.2, -0.15) is 0 Å². The van der Waals surface area contributed by atoms with E-state index in [1.54, 1.807) is 30.3 Å². The molecule has 0 saturated carbocycles. The van der Waals surface area contributed by atoms with Crippen LogP contribution in [0.1, 0.15) is 50.3 Å². The minimum absolute atomic E-state index is 0.0622. The first kappa shape index (κ1) is 29.9. The third-order valence-electron chi connectivity index (χ3n) is 6.18. The molecule has 10 heteroatoms. The first-order chi connectivity index (χ1) is 16.8. The number of halogens is 2. The molecule has 2 rings (SSSR count). The average Bonchev–Trinajstić information content (AvgIpc) is 2.80. The summed E-state index contributed by atoms with van der Waals surface area (Å²) < 4.78 is 26.5. The summed E-state index contributed by atoms with van der Waals surface area (Å²) in [6.45, 7) is 9.08. The Morgan fingerprint density at radius 1 is 0.972 bits per heavy atom. The molecule has 0 fully saturated rings. The predicted molar refractivity (Wildman–Crippen MR) is 147 cm³/mol. The second-order valence-electron chi connectivity index (χ2n) is 9.05. The molecular weight excluding hydrogens is 521 g/mol. The molecule has 0 aromatic heterocycles. The lowest BCUT2D eigenvalue weighted by molar-refractivity contribution is -0.140. The molecule has 0 radical (unpaired) electrons. The minimum Gasteiger partial charge on any atom is -0.352 e. The Bertz CT molecular complexity index is 1200. The lowest BCUT2D eigenvalue weighted by atomic mass is 10.1. The lowest BCUT2D eigenvalue weighted by Crippen LogP contribution is -2.53. The Morgan fingerprint density at radius 2 is 1.64 bits per heavy atom. The third-order valence-corrected chi connectivity index (χ3v) is 8.06. The van der Waals surface area contributed by atoms with Gasteiger partial charge in [0, 0.05) is 12.6 Å². The van der Waals surface area contributed by atoms with Crippen molar-refractivity contribution in [1.29, 1.82) is 0 Å². The summed E-state index contributed by atoms with van der Waals surface area (Å²) in [6, 6.07) is 9.34. The van der Waals surface area contributed by atoms with Crippen LogP contribution in [0.3, 0.4) is 0 Å². The molecule has 2 amide bonds. The van der Waals surface area contributed by atoms with Gasteiger partial charge in [-0.05, 0) is 74.6 Å². The maximum Gasteiger partial charge on any atom is 0.244 e. The van der Waals surface area contributed by atoms with Crippen molar-refractivity contribution in [2.24, 2.45) is 0 Å². The van der Waals surface area contributed by atoms with Crippen LogP contribution in [0.2, 0.25) is 10.0 Å². The Morgan fingerprint density at radius 3 is 2.17 bits per heavy atom. The minimum atomic E-state index is -3.79. The number of rotatable bonds is 11. The van der Waals surface area contributed by atoms with Gasteiger partial charge in [-0.3, -0.25) is 13.9 Å². The van der Waals surface area contributed by atoms with Crippen molar-refractivity contribution in [3.8, 4) is 0 Å². The quantitative estimate of drug-likeness (QED) is 0.418. The number of benzene rings is 2. The van der Waals surface area contributed by atoms with E-state index >= 15 is 0 Å². The fourth-order valence-electron chi connectivity index (χ4n) is 3.69. The molecule has 0 aliphatic heterocycles. The second kappa shape index (κ2) is 12.8. The molecule has 1 N–H and O–H groups in total. The fourth-order valence-corrected chi connectivity index (χ4v) is 4.85. The van der Waals surface area contributed by atoms with Gasteiger partial charge in [0.2, 0.25) is 21.8 Å². The third kappa shape index (κ3) is 7.85. The summed E-state index contributed by atoms with van der Waals surface area (Å²) >= 11 is 12.2. The largest absolute Gasteiger partial charge is 0.352 e. The molecule has 0 heterocycles. The molecule has 0 bridgehead atoms. The van der Waals surface area contributed by atoms with E-state index in [4.69, 9.17) is 23.2 Å². The topological polar surface area (TPSA) is 86.8 Å². The molecule has 0 spiro atoms. The van der Waals surface area contributed by atoms with Crippen molar-refractivity contribution >= 4 is 50.7 Å². The van der Waals surface area contributed by atoms with E-state index in [9.17, 15) is 18.0 Å². The molecule has 198 valence electrons. The normalized spacial score (nSPS) is 13.1. The lowest BCUT2D eigenvalue weighted by Gasteiger charge is -2.33. The highest BCUT2D eigenvalue weighted by molar-refractivity contribution is 7.92. The van der Waals surface area contributed by atoms with Gasteiger partial charge in [-0.25, -0.2) is 8.42 Å². The van der Waals surface area contributed by atoms with Crippen molar-refractivity contribution in [3.05, 3.63) is 63.1 Å². The summed E-state index contributed by atoms with van der Waals surface area (Å²) in [6.07, 6.45) is 2.14. The first-order valence-electron chi connectivity index (χ1n) is 11.9. The van der Waals surface area contributed by atoms with Crippen molar-refractivity contribution in [2.75, 3.05) is 17.1 Å². The monoisotopic (exact) mass is 555 g/mol. The summed E-state index contributed by atoms with van der Waals surface area (Å²) in [7, 11) is -3.79. The summed E-state index contributed by atoms with van der Waals surface area (Å²) in [4.78, 5) is 28.3. The van der Waals surface area contributed by atoms with Gasteiger partial charge in [-0.1, -0.05) is 49.2 Å². The van der Waals surface area contributed by atoms with Crippen LogP contribution in [0.5, 0.6) is 0 Å². The summed E-state index contributed by atoms with van der Waals surface area (Å²) in [5.74, 6) is -0.798. The molecule has 2 aromatic carbocycles. The van der Waals surface area contributed by atoms with Gasteiger partial charge in [0.25, 0.3) is 0 Å². The van der Waals surface area contributed by atoms with Gasteiger partial charge in [0.05, 0.1) is 22.0 Å². The van der Waals surface area contributed by atoms with E-state index < -0.39 is 28.5 Å². The van der Waals surface area contributed by atoms with Crippen LogP contribution in [-0.4, -0.2) is 50.0 Å². The SMILES string of the molecule is CC[C@@H](C)NC(=O)[C@@H](CC)N(Cc1ccc(Cl)c(Cl)c1)C(=O)CN(c1ccc(C)c(C)c1)S(C)(=O)=O. The number of carbonyl (C=O) groups is 2. The molecule has 0 aliphatic rings. The number of nitrogens with one attached hydrogen (secondary N) is 1. The second-order valence-corrected chi connectivity index (χ2v) is 11.8. The summed E-state index contributed by atoms with van der Waals surface area (Å²) in [5.41, 5.74) is 2.97. The molecule has 0 unspecified atom stereocenters. The average molecular weight is 557 g/mol. The van der Waals surface area contributed by atoms with Crippen LogP contribution >= 0.6 is 23.2 Å². The van der Waals surface area contributed by atoms with E-state index in [0.29, 0.717) is 27.7 Å². The van der Waals surface area contributed by atoms with Gasteiger partial charge in [0.15, 0.2) is 0 Å². The number of nitrogens with zero attached hydrogens (tertiary/aromatic N) is 2. The zero-order valence-corrected chi connectivity index (χ0v) is 24.0. The fraction of sp³-hybridized carbons (Fsp3) is 0.462. The number of hydrogen-bond acceptors (Lipinski definition) is 4. The van der Waals surface area contributed by atoms with Gasteiger partial charge in [0.1, 0.15) is 12.6 Å². The number of amides is 2. The van der Waals surface area contributed by atoms with Gasteiger partial charge < -0.3 is 10.2 Å². The van der Waals surface area contributed by atoms with E-state index in [1.807, 2.05) is 40.7 Å². The first-order valence-corrected chi connectivity index (χ1v) is 14.5. The molecule has 0 aliphatic carbocycles. The van der Waals surface area contributed by atoms with Gasteiger partial charge in [-0.15, -0.1) is 0 Å². The zero-order chi connectivity index (χ0) is 27.2. The molecule has 7 nitrogen and oxygen atoms in total. The molecule has 2 atom stereocenters. The number of anilines is 1. The van der Waals surface area contributed by atoms with Crippen LogP contribution in [0, 0.1) is 13.8 Å². The summed E-state index contributed by atoms with van der Waals surface area (Å²) in [5, 5.41) is 3.64.